The van der Waals surface area contributed by atoms with Crippen molar-refractivity contribution in [3.05, 3.63) is 35.9 Å². The molecule has 0 atom stereocenters. The molecule has 0 bridgehead atoms. The number of quaternary nitrogens is 1. The maximum atomic E-state index is 12.3. The Morgan fingerprint density at radius 3 is 1.87 bits per heavy atom. The van der Waals surface area contributed by atoms with Crippen molar-refractivity contribution in [1.82, 2.24) is 0 Å². The maximum Gasteiger partial charge on any atom is 0.311 e. The minimum atomic E-state index is 0. The van der Waals surface area contributed by atoms with Gasteiger partial charge in [0.15, 0.2) is 0 Å². The summed E-state index contributed by atoms with van der Waals surface area (Å²) in [4.78, 5) is 12.3. The Hall–Kier alpha value is -0.870. The molecular formula is C26H46BrNO2. The molecule has 0 N–H and O–H groups in total. The summed E-state index contributed by atoms with van der Waals surface area (Å²) in [6.07, 6.45) is 12.4. The van der Waals surface area contributed by atoms with Crippen LogP contribution < -0.4 is 17.0 Å². The molecule has 0 saturated heterocycles. The maximum absolute atomic E-state index is 12.3. The van der Waals surface area contributed by atoms with Crippen LogP contribution in [0.3, 0.4) is 0 Å². The first kappa shape index (κ1) is 29.1. The number of benzene rings is 1. The molecule has 0 fully saturated rings. The highest BCUT2D eigenvalue weighted by Gasteiger charge is 2.26. The fourth-order valence-corrected chi connectivity index (χ4v) is 3.99. The van der Waals surface area contributed by atoms with Gasteiger partial charge in [0.25, 0.3) is 0 Å². The van der Waals surface area contributed by atoms with Gasteiger partial charge in [-0.25, -0.2) is 0 Å². The number of rotatable bonds is 18. The highest BCUT2D eigenvalue weighted by Crippen LogP contribution is 2.16. The quantitative estimate of drug-likeness (QED) is 0.181. The van der Waals surface area contributed by atoms with Crippen LogP contribution in [-0.4, -0.2) is 43.2 Å². The number of hydrogen-bond donors (Lipinski definition) is 0. The number of carbonyl (C=O) groups excluding carboxylic acids is 1. The average Bonchev–Trinajstić information content (AvgIpc) is 2.76. The highest BCUT2D eigenvalue weighted by atomic mass is 79.9. The molecule has 0 spiro atoms. The fourth-order valence-electron chi connectivity index (χ4n) is 3.99. The Kier molecular flexibility index (Phi) is 18.3. The van der Waals surface area contributed by atoms with E-state index in [0.29, 0.717) is 13.0 Å². The minimum Gasteiger partial charge on any atom is -1.00 e. The van der Waals surface area contributed by atoms with E-state index in [1.165, 1.54) is 63.7 Å². The first-order valence-corrected chi connectivity index (χ1v) is 12.2. The molecule has 1 aromatic carbocycles. The van der Waals surface area contributed by atoms with E-state index in [4.69, 9.17) is 4.74 Å². The molecule has 3 nitrogen and oxygen atoms in total. The molecule has 0 radical (unpaired) electrons. The minimum absolute atomic E-state index is 0. The molecule has 0 aliphatic carbocycles. The second-order valence-electron chi connectivity index (χ2n) is 8.56. The Bertz CT molecular complexity index is 499. The van der Waals surface area contributed by atoms with E-state index in [2.05, 4.69) is 51.1 Å². The SMILES string of the molecule is CCCC[N+](CCCC)(CCCC)CCC(=O)OCCCCCc1ccccc1.[Br-]. The van der Waals surface area contributed by atoms with Crippen LogP contribution in [0.15, 0.2) is 30.3 Å². The van der Waals surface area contributed by atoms with E-state index in [0.717, 1.165) is 36.7 Å². The van der Waals surface area contributed by atoms with Gasteiger partial charge >= 0.3 is 5.97 Å². The molecule has 0 aromatic heterocycles. The van der Waals surface area contributed by atoms with Crippen molar-refractivity contribution in [3.63, 3.8) is 0 Å². The normalized spacial score (nSPS) is 11.2. The standard InChI is InChI=1S/C26H46NO2.BrH/c1-4-7-20-27(21-8-5-2,22-9-6-3)23-19-26(28)29-24-15-11-14-18-25-16-12-10-13-17-25;/h10,12-13,16-17H,4-9,11,14-15,18-24H2,1-3H3;1H/q+1;/p-1. The second-order valence-corrected chi connectivity index (χ2v) is 8.56. The summed E-state index contributed by atoms with van der Waals surface area (Å²) in [5, 5.41) is 0. The second kappa shape index (κ2) is 18.9. The number of ether oxygens (including phenoxy) is 1. The van der Waals surface area contributed by atoms with E-state index >= 15 is 0 Å². The van der Waals surface area contributed by atoms with Crippen LogP contribution in [0, 0.1) is 0 Å². The van der Waals surface area contributed by atoms with E-state index < -0.39 is 0 Å². The number of unbranched alkanes of at least 4 members (excludes halogenated alkanes) is 5. The Morgan fingerprint density at radius 2 is 1.33 bits per heavy atom. The molecule has 0 amide bonds. The third-order valence-corrected chi connectivity index (χ3v) is 5.96. The van der Waals surface area contributed by atoms with Crippen LogP contribution in [-0.2, 0) is 16.0 Å². The van der Waals surface area contributed by atoms with Crippen molar-refractivity contribution < 1.29 is 31.0 Å². The van der Waals surface area contributed by atoms with Gasteiger partial charge in [0.05, 0.1) is 39.2 Å². The Balaban J connectivity index is 0.00000841. The lowest BCUT2D eigenvalue weighted by Crippen LogP contribution is -3.00. The molecule has 1 rings (SSSR count). The highest BCUT2D eigenvalue weighted by molar-refractivity contribution is 5.69. The molecule has 4 heteroatoms. The first-order chi connectivity index (χ1) is 14.2. The van der Waals surface area contributed by atoms with Crippen molar-refractivity contribution >= 4 is 5.97 Å². The summed E-state index contributed by atoms with van der Waals surface area (Å²) in [6, 6.07) is 10.6. The third kappa shape index (κ3) is 13.4. The zero-order chi connectivity index (χ0) is 21.2. The zero-order valence-electron chi connectivity index (χ0n) is 19.8. The largest absolute Gasteiger partial charge is 1.00 e. The lowest BCUT2D eigenvalue weighted by molar-refractivity contribution is -0.928. The monoisotopic (exact) mass is 483 g/mol. The molecule has 0 unspecified atom stereocenters. The van der Waals surface area contributed by atoms with E-state index in [1.807, 2.05) is 0 Å². The predicted molar refractivity (Wildman–Crippen MR) is 124 cm³/mol. The molecule has 0 aliphatic rings. The molecule has 0 saturated carbocycles. The predicted octanol–water partition coefficient (Wildman–Crippen LogP) is 3.55. The Labute approximate surface area is 196 Å². The van der Waals surface area contributed by atoms with E-state index in [9.17, 15) is 4.79 Å². The van der Waals surface area contributed by atoms with E-state index in [1.54, 1.807) is 0 Å². The topological polar surface area (TPSA) is 26.3 Å². The van der Waals surface area contributed by atoms with Gasteiger partial charge in [0, 0.05) is 0 Å². The molecule has 1 aromatic rings. The van der Waals surface area contributed by atoms with Gasteiger partial charge in [-0.3, -0.25) is 4.79 Å². The molecule has 30 heavy (non-hydrogen) atoms. The first-order valence-electron chi connectivity index (χ1n) is 12.2. The summed E-state index contributed by atoms with van der Waals surface area (Å²) in [7, 11) is 0. The van der Waals surface area contributed by atoms with Crippen LogP contribution in [0.1, 0.15) is 90.5 Å². The number of nitrogens with zero attached hydrogens (tertiary/aromatic N) is 1. The number of esters is 1. The number of halogens is 1. The van der Waals surface area contributed by atoms with Crippen LogP contribution in [0.4, 0.5) is 0 Å². The van der Waals surface area contributed by atoms with Gasteiger partial charge in [-0.15, -0.1) is 0 Å². The van der Waals surface area contributed by atoms with Crippen LogP contribution in [0.2, 0.25) is 0 Å². The number of carbonyl (C=O) groups is 1. The lowest BCUT2D eigenvalue weighted by Gasteiger charge is -2.39. The van der Waals surface area contributed by atoms with Crippen molar-refractivity contribution in [2.75, 3.05) is 32.8 Å². The number of hydrogen-bond acceptors (Lipinski definition) is 2. The van der Waals surface area contributed by atoms with Crippen LogP contribution in [0.25, 0.3) is 0 Å². The third-order valence-electron chi connectivity index (χ3n) is 5.96. The van der Waals surface area contributed by atoms with Crippen LogP contribution >= 0.6 is 0 Å². The van der Waals surface area contributed by atoms with Gasteiger partial charge in [-0.05, 0) is 50.5 Å². The van der Waals surface area contributed by atoms with Crippen LogP contribution in [0.5, 0.6) is 0 Å². The van der Waals surface area contributed by atoms with Crippen molar-refractivity contribution in [2.24, 2.45) is 0 Å². The van der Waals surface area contributed by atoms with Crippen molar-refractivity contribution in [3.8, 4) is 0 Å². The fraction of sp³-hybridized carbons (Fsp3) is 0.731. The van der Waals surface area contributed by atoms with Gasteiger partial charge in [0.2, 0.25) is 0 Å². The summed E-state index contributed by atoms with van der Waals surface area (Å²) in [5.74, 6) is 0.0000507. The molecule has 0 heterocycles. The molecule has 174 valence electrons. The average molecular weight is 485 g/mol. The molecular weight excluding hydrogens is 438 g/mol. The van der Waals surface area contributed by atoms with Gasteiger partial charge in [0.1, 0.15) is 0 Å². The van der Waals surface area contributed by atoms with Gasteiger partial charge in [-0.1, -0.05) is 70.4 Å². The zero-order valence-corrected chi connectivity index (χ0v) is 21.4. The lowest BCUT2D eigenvalue weighted by atomic mass is 10.1. The molecule has 0 aliphatic heterocycles. The summed E-state index contributed by atoms with van der Waals surface area (Å²) in [6.45, 7) is 12.0. The van der Waals surface area contributed by atoms with Crippen molar-refractivity contribution in [1.29, 1.82) is 0 Å². The van der Waals surface area contributed by atoms with Gasteiger partial charge in [-0.2, -0.15) is 0 Å². The summed E-state index contributed by atoms with van der Waals surface area (Å²) < 4.78 is 6.67. The summed E-state index contributed by atoms with van der Waals surface area (Å²) >= 11 is 0. The van der Waals surface area contributed by atoms with Crippen molar-refractivity contribution in [2.45, 2.75) is 91.4 Å². The van der Waals surface area contributed by atoms with E-state index in [-0.39, 0.29) is 23.0 Å². The Morgan fingerprint density at radius 1 is 0.767 bits per heavy atom. The summed E-state index contributed by atoms with van der Waals surface area (Å²) in [5.41, 5.74) is 1.39. The smallest absolute Gasteiger partial charge is 0.311 e. The van der Waals surface area contributed by atoms with Gasteiger partial charge < -0.3 is 26.2 Å². The number of aryl methyl sites for hydroxylation is 1.